The molecule has 0 aromatic carbocycles. The molecule has 0 amide bonds. The van der Waals surface area contributed by atoms with Gasteiger partial charge in [-0.05, 0) is 11.7 Å². The largest absolute Gasteiger partial charge is 0.478 e. The van der Waals surface area contributed by atoms with Crippen LogP contribution in [0.1, 0.15) is 0 Å². The summed E-state index contributed by atoms with van der Waals surface area (Å²) in [5.41, 5.74) is 0. The van der Waals surface area contributed by atoms with Crippen LogP contribution in [0.15, 0.2) is 11.5 Å². The molecular weight excluding hydrogens is 112 g/mol. The van der Waals surface area contributed by atoms with Crippen molar-refractivity contribution in [1.29, 1.82) is 0 Å². The molecule has 0 radical (unpaired) electrons. The first-order valence-corrected chi connectivity index (χ1v) is 2.98. The van der Waals surface area contributed by atoms with E-state index in [2.05, 4.69) is 0 Å². The lowest BCUT2D eigenvalue weighted by atomic mass is 10.7. The van der Waals surface area contributed by atoms with Crippen molar-refractivity contribution in [2.75, 3.05) is 6.26 Å². The maximum atomic E-state index is 9.66. The fourth-order valence-electron chi connectivity index (χ4n) is 0.126. The summed E-state index contributed by atoms with van der Waals surface area (Å²) in [4.78, 5) is 9.66. The van der Waals surface area contributed by atoms with E-state index in [1.165, 1.54) is 17.2 Å². The normalized spacial score (nSPS) is 9.86. The predicted molar refractivity (Wildman–Crippen MR) is 30.3 cm³/mol. The second kappa shape index (κ2) is 3.74. The molecule has 0 saturated carbocycles. The molecule has 0 saturated heterocycles. The van der Waals surface area contributed by atoms with Crippen LogP contribution < -0.4 is 0 Å². The quantitative estimate of drug-likeness (QED) is 0.548. The molecule has 0 aromatic heterocycles. The minimum atomic E-state index is -0.894. The molecule has 0 bridgehead atoms. The van der Waals surface area contributed by atoms with E-state index in [1.54, 1.807) is 6.26 Å². The fourth-order valence-corrected chi connectivity index (χ4v) is 0.379. The van der Waals surface area contributed by atoms with Crippen LogP contribution in [-0.4, -0.2) is 17.3 Å². The summed E-state index contributed by atoms with van der Waals surface area (Å²) >= 11 is 1.37. The molecular formula is C4H6O2S. The van der Waals surface area contributed by atoms with Crippen LogP contribution in [0.2, 0.25) is 0 Å². The van der Waals surface area contributed by atoms with Crippen molar-refractivity contribution >= 4 is 17.7 Å². The fraction of sp³-hybridized carbons (Fsp3) is 0.250. The number of carbonyl (C=O) groups is 1. The van der Waals surface area contributed by atoms with Gasteiger partial charge in [-0.1, -0.05) is 0 Å². The molecule has 0 aromatic rings. The molecule has 2 nitrogen and oxygen atoms in total. The Hall–Kier alpha value is -0.440. The van der Waals surface area contributed by atoms with Crippen molar-refractivity contribution in [2.24, 2.45) is 0 Å². The lowest BCUT2D eigenvalue weighted by molar-refractivity contribution is -0.131. The zero-order chi connectivity index (χ0) is 5.70. The first kappa shape index (κ1) is 6.56. The average Bonchev–Trinajstić information content (AvgIpc) is 1.61. The summed E-state index contributed by atoms with van der Waals surface area (Å²) in [6, 6.07) is 0. The van der Waals surface area contributed by atoms with Crippen LogP contribution >= 0.6 is 11.8 Å². The van der Waals surface area contributed by atoms with Gasteiger partial charge in [0.1, 0.15) is 0 Å². The van der Waals surface area contributed by atoms with Gasteiger partial charge < -0.3 is 5.11 Å². The number of aliphatic carboxylic acids is 1. The molecule has 7 heavy (non-hydrogen) atoms. The molecule has 0 heterocycles. The second-order valence-corrected chi connectivity index (χ2v) is 1.62. The highest BCUT2D eigenvalue weighted by Crippen LogP contribution is 1.91. The van der Waals surface area contributed by atoms with Crippen molar-refractivity contribution in [3.05, 3.63) is 11.5 Å². The highest BCUT2D eigenvalue weighted by Gasteiger charge is 1.79. The lowest BCUT2D eigenvalue weighted by Crippen LogP contribution is -1.83. The Morgan fingerprint density at radius 1 is 1.86 bits per heavy atom. The van der Waals surface area contributed by atoms with Crippen LogP contribution in [-0.2, 0) is 4.79 Å². The minimum Gasteiger partial charge on any atom is -0.478 e. The lowest BCUT2D eigenvalue weighted by Gasteiger charge is -1.73. The molecule has 0 aliphatic carbocycles. The maximum Gasteiger partial charge on any atom is 0.328 e. The Kier molecular flexibility index (Phi) is 3.50. The van der Waals surface area contributed by atoms with Gasteiger partial charge in [0, 0.05) is 6.08 Å². The Bertz CT molecular complexity index is 87.7. The van der Waals surface area contributed by atoms with Crippen molar-refractivity contribution in [3.8, 4) is 0 Å². The van der Waals surface area contributed by atoms with E-state index in [-0.39, 0.29) is 0 Å². The summed E-state index contributed by atoms with van der Waals surface area (Å²) in [5.74, 6) is -0.894. The van der Waals surface area contributed by atoms with E-state index in [0.717, 1.165) is 6.08 Å². The predicted octanol–water partition coefficient (Wildman–Crippen LogP) is 0.948. The third-order valence-corrected chi connectivity index (χ3v) is 0.755. The van der Waals surface area contributed by atoms with Crippen LogP contribution in [0, 0.1) is 0 Å². The monoisotopic (exact) mass is 118 g/mol. The number of carboxylic acid groups (broad SMARTS) is 1. The molecule has 0 aliphatic rings. The second-order valence-electron chi connectivity index (χ2n) is 0.877. The molecule has 0 rings (SSSR count). The molecule has 3 heteroatoms. The van der Waals surface area contributed by atoms with Gasteiger partial charge in [-0.25, -0.2) is 4.79 Å². The Morgan fingerprint density at radius 2 is 2.43 bits per heavy atom. The molecule has 40 valence electrons. The molecule has 0 unspecified atom stereocenters. The van der Waals surface area contributed by atoms with Gasteiger partial charge in [0.05, 0.1) is 0 Å². The summed E-state index contributed by atoms with van der Waals surface area (Å²) in [7, 11) is 0. The van der Waals surface area contributed by atoms with Crippen molar-refractivity contribution in [2.45, 2.75) is 0 Å². The topological polar surface area (TPSA) is 37.3 Å². The zero-order valence-corrected chi connectivity index (χ0v) is 4.73. The summed E-state index contributed by atoms with van der Waals surface area (Å²) in [5, 5.41) is 9.46. The Labute approximate surface area is 46.2 Å². The van der Waals surface area contributed by atoms with E-state index in [9.17, 15) is 4.79 Å². The molecule has 1 N–H and O–H groups in total. The first-order chi connectivity index (χ1) is 3.27. The molecule has 0 aliphatic heterocycles. The Morgan fingerprint density at radius 3 is 2.57 bits per heavy atom. The van der Waals surface area contributed by atoms with E-state index in [4.69, 9.17) is 5.11 Å². The van der Waals surface area contributed by atoms with Crippen LogP contribution in [0.3, 0.4) is 0 Å². The smallest absolute Gasteiger partial charge is 0.328 e. The third-order valence-electron chi connectivity index (χ3n) is 0.347. The standard InChI is InChI=1S/C4H6O2S/c1-7-3-2-4(5)6/h2-3H,1H3,(H,5,6)/b3-2+. The van der Waals surface area contributed by atoms with Crippen LogP contribution in [0.25, 0.3) is 0 Å². The number of hydrogen-bond acceptors (Lipinski definition) is 2. The average molecular weight is 118 g/mol. The van der Waals surface area contributed by atoms with Gasteiger partial charge in [0.15, 0.2) is 0 Å². The van der Waals surface area contributed by atoms with E-state index < -0.39 is 5.97 Å². The van der Waals surface area contributed by atoms with Crippen molar-refractivity contribution in [3.63, 3.8) is 0 Å². The number of carboxylic acids is 1. The summed E-state index contributed by atoms with van der Waals surface area (Å²) in [6.45, 7) is 0. The summed E-state index contributed by atoms with van der Waals surface area (Å²) in [6.07, 6.45) is 2.91. The van der Waals surface area contributed by atoms with Gasteiger partial charge in [-0.15, -0.1) is 11.8 Å². The van der Waals surface area contributed by atoms with E-state index in [0.29, 0.717) is 0 Å². The molecule has 0 spiro atoms. The van der Waals surface area contributed by atoms with E-state index >= 15 is 0 Å². The van der Waals surface area contributed by atoms with Crippen molar-refractivity contribution in [1.82, 2.24) is 0 Å². The minimum absolute atomic E-state index is 0.894. The summed E-state index contributed by atoms with van der Waals surface area (Å²) < 4.78 is 0. The SMILES string of the molecule is CS/C=C/C(=O)O. The van der Waals surface area contributed by atoms with Gasteiger partial charge in [0.2, 0.25) is 0 Å². The number of hydrogen-bond donors (Lipinski definition) is 1. The van der Waals surface area contributed by atoms with Gasteiger partial charge in [-0.3, -0.25) is 0 Å². The first-order valence-electron chi connectivity index (χ1n) is 1.69. The third kappa shape index (κ3) is 5.56. The Balaban J connectivity index is 3.26. The van der Waals surface area contributed by atoms with Gasteiger partial charge in [-0.2, -0.15) is 0 Å². The zero-order valence-electron chi connectivity index (χ0n) is 3.92. The van der Waals surface area contributed by atoms with Crippen LogP contribution in [0.4, 0.5) is 0 Å². The molecule has 0 fully saturated rings. The number of thioether (sulfide) groups is 1. The van der Waals surface area contributed by atoms with E-state index in [1.807, 2.05) is 0 Å². The van der Waals surface area contributed by atoms with Crippen LogP contribution in [0.5, 0.6) is 0 Å². The maximum absolute atomic E-state index is 9.66. The van der Waals surface area contributed by atoms with Crippen molar-refractivity contribution < 1.29 is 9.90 Å². The van der Waals surface area contributed by atoms with Gasteiger partial charge >= 0.3 is 5.97 Å². The highest BCUT2D eigenvalue weighted by atomic mass is 32.2. The van der Waals surface area contributed by atoms with Gasteiger partial charge in [0.25, 0.3) is 0 Å². The highest BCUT2D eigenvalue weighted by molar-refractivity contribution is 8.01. The number of rotatable bonds is 2. The molecule has 0 atom stereocenters.